The topological polar surface area (TPSA) is 68.5 Å². The molecule has 1 aromatic heterocycles. The van der Waals surface area contributed by atoms with Gasteiger partial charge in [-0.15, -0.1) is 0 Å². The minimum Gasteiger partial charge on any atom is -0.463 e. The number of hydrogen-bond donors (Lipinski definition) is 1. The highest BCUT2D eigenvalue weighted by atomic mass is 16.5. The monoisotopic (exact) mass is 313 g/mol. The molecule has 120 valence electrons. The van der Waals surface area contributed by atoms with Crippen molar-refractivity contribution in [3.8, 4) is 0 Å². The fourth-order valence-electron chi connectivity index (χ4n) is 2.93. The molecule has 1 aliphatic rings. The number of esters is 1. The summed E-state index contributed by atoms with van der Waals surface area (Å²) in [4.78, 5) is 23.9. The van der Waals surface area contributed by atoms with Crippen LogP contribution >= 0.6 is 0 Å². The van der Waals surface area contributed by atoms with Gasteiger partial charge in [0.2, 0.25) is 5.76 Å². The molecule has 23 heavy (non-hydrogen) atoms. The highest BCUT2D eigenvalue weighted by Gasteiger charge is 2.34. The van der Waals surface area contributed by atoms with E-state index in [0.29, 0.717) is 17.2 Å². The van der Waals surface area contributed by atoms with Crippen LogP contribution in [0.15, 0.2) is 40.8 Å². The van der Waals surface area contributed by atoms with Gasteiger partial charge in [0.25, 0.3) is 5.91 Å². The fraction of sp³-hybridized carbons (Fsp3) is 0.333. The zero-order chi connectivity index (χ0) is 16.4. The van der Waals surface area contributed by atoms with Gasteiger partial charge in [0, 0.05) is 18.0 Å². The number of hydrogen-bond acceptors (Lipinski definition) is 4. The van der Waals surface area contributed by atoms with Crippen LogP contribution in [0, 0.1) is 6.92 Å². The van der Waals surface area contributed by atoms with E-state index in [1.54, 1.807) is 6.92 Å². The lowest BCUT2D eigenvalue weighted by Crippen LogP contribution is -2.45. The molecule has 0 saturated heterocycles. The Hall–Kier alpha value is -2.56. The normalized spacial score (nSPS) is 19.7. The summed E-state index contributed by atoms with van der Waals surface area (Å²) in [5, 5.41) is 3.04. The van der Waals surface area contributed by atoms with Crippen molar-refractivity contribution in [1.29, 1.82) is 0 Å². The first-order valence-electron chi connectivity index (χ1n) is 7.64. The van der Waals surface area contributed by atoms with Crippen LogP contribution < -0.4 is 5.32 Å². The van der Waals surface area contributed by atoms with Gasteiger partial charge >= 0.3 is 5.97 Å². The Labute approximate surface area is 134 Å². The predicted octanol–water partition coefficient (Wildman–Crippen LogP) is 3.05. The van der Waals surface area contributed by atoms with Crippen LogP contribution in [0.3, 0.4) is 0 Å². The molecule has 2 aromatic rings. The largest absolute Gasteiger partial charge is 0.463 e. The van der Waals surface area contributed by atoms with Crippen LogP contribution in [0.25, 0.3) is 0 Å². The van der Waals surface area contributed by atoms with E-state index in [2.05, 4.69) is 22.2 Å². The Morgan fingerprint density at radius 1 is 1.22 bits per heavy atom. The smallest absolute Gasteiger partial charge is 0.373 e. The van der Waals surface area contributed by atoms with Crippen molar-refractivity contribution < 1.29 is 18.7 Å². The van der Waals surface area contributed by atoms with E-state index in [9.17, 15) is 9.59 Å². The van der Waals surface area contributed by atoms with Crippen molar-refractivity contribution in [3.05, 3.63) is 59.0 Å². The Morgan fingerprint density at radius 3 is 2.57 bits per heavy atom. The second kappa shape index (κ2) is 6.28. The average Bonchev–Trinajstić information content (AvgIpc) is 2.93. The third-order valence-corrected chi connectivity index (χ3v) is 4.37. The molecule has 1 aliphatic carbocycles. The second-order valence-corrected chi connectivity index (χ2v) is 5.75. The number of amides is 1. The Morgan fingerprint density at radius 2 is 1.96 bits per heavy atom. The number of furan rings is 1. The van der Waals surface area contributed by atoms with Gasteiger partial charge in [-0.1, -0.05) is 30.3 Å². The average molecular weight is 313 g/mol. The van der Waals surface area contributed by atoms with Crippen molar-refractivity contribution >= 4 is 11.9 Å². The van der Waals surface area contributed by atoms with Crippen molar-refractivity contribution in [1.82, 2.24) is 5.32 Å². The molecule has 1 amide bonds. The highest BCUT2D eigenvalue weighted by molar-refractivity contribution is 5.98. The number of rotatable bonds is 4. The molecule has 1 N–H and O–H groups in total. The number of carbonyl (C=O) groups excluding carboxylic acids is 2. The Kier molecular flexibility index (Phi) is 4.19. The minimum atomic E-state index is -0.585. The summed E-state index contributed by atoms with van der Waals surface area (Å²) in [5.41, 5.74) is 1.62. The van der Waals surface area contributed by atoms with E-state index < -0.39 is 5.97 Å². The number of ether oxygens (including phenoxy) is 1. The van der Waals surface area contributed by atoms with Gasteiger partial charge in [-0.2, -0.15) is 0 Å². The van der Waals surface area contributed by atoms with Crippen molar-refractivity contribution in [2.75, 3.05) is 7.11 Å². The van der Waals surface area contributed by atoms with Gasteiger partial charge in [0.1, 0.15) is 5.76 Å². The number of methoxy groups -OCH3 is 1. The van der Waals surface area contributed by atoms with Crippen molar-refractivity contribution in [2.45, 2.75) is 31.7 Å². The van der Waals surface area contributed by atoms with E-state index in [1.165, 1.54) is 18.7 Å². The maximum absolute atomic E-state index is 12.4. The molecule has 0 bridgehead atoms. The summed E-state index contributed by atoms with van der Waals surface area (Å²) in [6.07, 6.45) is 2.01. The quantitative estimate of drug-likeness (QED) is 0.881. The molecular formula is C18H19NO4. The van der Waals surface area contributed by atoms with Crippen LogP contribution in [0.2, 0.25) is 0 Å². The molecular weight excluding hydrogens is 294 g/mol. The summed E-state index contributed by atoms with van der Waals surface area (Å²) < 4.78 is 9.91. The molecule has 5 nitrogen and oxygen atoms in total. The highest BCUT2D eigenvalue weighted by Crippen LogP contribution is 2.37. The zero-order valence-electron chi connectivity index (χ0n) is 13.2. The van der Waals surface area contributed by atoms with Crippen molar-refractivity contribution in [2.24, 2.45) is 0 Å². The lowest BCUT2D eigenvalue weighted by atomic mass is 9.75. The summed E-state index contributed by atoms with van der Waals surface area (Å²) in [7, 11) is 1.28. The Balaban J connectivity index is 1.70. The second-order valence-electron chi connectivity index (χ2n) is 5.75. The predicted molar refractivity (Wildman–Crippen MR) is 84.5 cm³/mol. The van der Waals surface area contributed by atoms with E-state index in [-0.39, 0.29) is 17.7 Å². The van der Waals surface area contributed by atoms with E-state index >= 15 is 0 Å². The lowest BCUT2D eigenvalue weighted by molar-refractivity contribution is 0.0563. The molecule has 1 heterocycles. The summed E-state index contributed by atoms with van der Waals surface area (Å²) >= 11 is 0. The third kappa shape index (κ3) is 2.99. The molecule has 1 fully saturated rings. The summed E-state index contributed by atoms with van der Waals surface area (Å²) in [6, 6.07) is 11.7. The van der Waals surface area contributed by atoms with E-state index in [1.807, 2.05) is 18.2 Å². The molecule has 5 heteroatoms. The molecule has 1 aromatic carbocycles. The van der Waals surface area contributed by atoms with Crippen LogP contribution in [0.1, 0.15) is 51.0 Å². The van der Waals surface area contributed by atoms with Crippen molar-refractivity contribution in [3.63, 3.8) is 0 Å². The minimum absolute atomic E-state index is 0.0448. The van der Waals surface area contributed by atoms with Gasteiger partial charge in [0.15, 0.2) is 0 Å². The molecule has 0 unspecified atom stereocenters. The number of nitrogens with one attached hydrogen (secondary N) is 1. The molecule has 0 aliphatic heterocycles. The van der Waals surface area contributed by atoms with Gasteiger partial charge in [-0.25, -0.2) is 4.79 Å². The lowest BCUT2D eigenvalue weighted by Gasteiger charge is -2.37. The molecule has 2 atom stereocenters. The standard InChI is InChI=1S/C18H19NO4/c1-11-14(10-16(23-11)18(21)22-2)17(20)19-15-9-8-13(15)12-6-4-3-5-7-12/h3-7,10,13,15H,8-9H2,1-2H3,(H,19,20)/t13-,15-/m1/s1. The Bertz CT molecular complexity index is 720. The number of aryl methyl sites for hydroxylation is 1. The summed E-state index contributed by atoms with van der Waals surface area (Å²) in [5.74, 6) is -0.000668. The van der Waals surface area contributed by atoms with E-state index in [4.69, 9.17) is 4.42 Å². The first-order chi connectivity index (χ1) is 11.1. The SMILES string of the molecule is COC(=O)c1cc(C(=O)N[C@@H]2CC[C@@H]2c2ccccc2)c(C)o1. The fourth-order valence-corrected chi connectivity index (χ4v) is 2.93. The van der Waals surface area contributed by atoms with E-state index in [0.717, 1.165) is 12.8 Å². The third-order valence-electron chi connectivity index (χ3n) is 4.37. The number of benzene rings is 1. The van der Waals surface area contributed by atoms with Gasteiger partial charge < -0.3 is 14.5 Å². The maximum atomic E-state index is 12.4. The van der Waals surface area contributed by atoms with Crippen LogP contribution in [0.4, 0.5) is 0 Å². The molecule has 0 spiro atoms. The summed E-state index contributed by atoms with van der Waals surface area (Å²) in [6.45, 7) is 1.66. The molecule has 1 saturated carbocycles. The molecule has 3 rings (SSSR count). The number of carbonyl (C=O) groups is 2. The van der Waals surface area contributed by atoms with Crippen LogP contribution in [0.5, 0.6) is 0 Å². The van der Waals surface area contributed by atoms with Gasteiger partial charge in [-0.05, 0) is 25.3 Å². The first kappa shape index (κ1) is 15.3. The van der Waals surface area contributed by atoms with Crippen LogP contribution in [-0.2, 0) is 4.74 Å². The zero-order valence-corrected chi connectivity index (χ0v) is 13.2. The first-order valence-corrected chi connectivity index (χ1v) is 7.64. The van der Waals surface area contributed by atoms with Gasteiger partial charge in [-0.3, -0.25) is 4.79 Å². The maximum Gasteiger partial charge on any atom is 0.373 e. The molecule has 0 radical (unpaired) electrons. The van der Waals surface area contributed by atoms with Gasteiger partial charge in [0.05, 0.1) is 12.7 Å². The van der Waals surface area contributed by atoms with Crippen LogP contribution in [-0.4, -0.2) is 25.0 Å².